The second kappa shape index (κ2) is 9.40. The summed E-state index contributed by atoms with van der Waals surface area (Å²) < 4.78 is 7.57. The van der Waals surface area contributed by atoms with Gasteiger partial charge >= 0.3 is 0 Å². The molecule has 1 atom stereocenters. The van der Waals surface area contributed by atoms with Crippen LogP contribution in [0.2, 0.25) is 0 Å². The van der Waals surface area contributed by atoms with Gasteiger partial charge in [-0.15, -0.1) is 0 Å². The highest BCUT2D eigenvalue weighted by atomic mass is 16.5. The van der Waals surface area contributed by atoms with E-state index in [0.29, 0.717) is 25.8 Å². The van der Waals surface area contributed by atoms with E-state index in [1.165, 1.54) is 0 Å². The van der Waals surface area contributed by atoms with Crippen LogP contribution >= 0.6 is 0 Å². The van der Waals surface area contributed by atoms with E-state index >= 15 is 0 Å². The largest absolute Gasteiger partial charge is 0.380 e. The molecule has 8 heteroatoms. The summed E-state index contributed by atoms with van der Waals surface area (Å²) >= 11 is 0. The van der Waals surface area contributed by atoms with Gasteiger partial charge in [0.25, 0.3) is 0 Å². The second-order valence-electron chi connectivity index (χ2n) is 7.58. The quantitative estimate of drug-likeness (QED) is 0.554. The number of ether oxygens (including phenoxy) is 1. The SMILES string of the molecule is CCOCCn1nc(CC)c2nc(N3CCN[C@H](C)C3)nc(Nc3ccccc3)c21. The smallest absolute Gasteiger partial charge is 0.228 e. The minimum Gasteiger partial charge on any atom is -0.380 e. The van der Waals surface area contributed by atoms with E-state index in [4.69, 9.17) is 19.8 Å². The van der Waals surface area contributed by atoms with Crippen LogP contribution in [0.3, 0.4) is 0 Å². The van der Waals surface area contributed by atoms with Crippen LogP contribution < -0.4 is 15.5 Å². The number of piperazine rings is 1. The lowest BCUT2D eigenvalue weighted by atomic mass is 10.2. The first-order valence-electron chi connectivity index (χ1n) is 10.8. The summed E-state index contributed by atoms with van der Waals surface area (Å²) in [6, 6.07) is 10.5. The van der Waals surface area contributed by atoms with Gasteiger partial charge in [-0.2, -0.15) is 10.1 Å². The summed E-state index contributed by atoms with van der Waals surface area (Å²) in [6.07, 6.45) is 0.817. The van der Waals surface area contributed by atoms with Crippen LogP contribution in [0.25, 0.3) is 11.0 Å². The summed E-state index contributed by atoms with van der Waals surface area (Å²) in [4.78, 5) is 12.2. The Balaban J connectivity index is 1.80. The van der Waals surface area contributed by atoms with Gasteiger partial charge in [-0.1, -0.05) is 25.1 Å². The van der Waals surface area contributed by atoms with Gasteiger partial charge in [0, 0.05) is 38.0 Å². The number of fused-ring (bicyclic) bond motifs is 1. The minimum atomic E-state index is 0.406. The Hall–Kier alpha value is -2.71. The number of nitrogens with one attached hydrogen (secondary N) is 2. The molecule has 1 aliphatic heterocycles. The van der Waals surface area contributed by atoms with Crippen molar-refractivity contribution in [2.45, 2.75) is 39.8 Å². The van der Waals surface area contributed by atoms with Crippen molar-refractivity contribution in [3.8, 4) is 0 Å². The molecule has 2 aromatic heterocycles. The van der Waals surface area contributed by atoms with Gasteiger partial charge in [-0.3, -0.25) is 4.68 Å². The molecule has 0 radical (unpaired) electrons. The van der Waals surface area contributed by atoms with Crippen LogP contribution in [0.1, 0.15) is 26.5 Å². The third kappa shape index (κ3) is 4.39. The fourth-order valence-electron chi connectivity index (χ4n) is 3.83. The predicted octanol–water partition coefficient (Wildman–Crippen LogP) is 2.97. The van der Waals surface area contributed by atoms with E-state index in [1.54, 1.807) is 0 Å². The van der Waals surface area contributed by atoms with Crippen LogP contribution in [0.4, 0.5) is 17.5 Å². The van der Waals surface area contributed by atoms with Crippen molar-refractivity contribution in [2.75, 3.05) is 43.1 Å². The number of rotatable bonds is 8. The third-order valence-corrected chi connectivity index (χ3v) is 5.32. The molecular formula is C22H31N7O. The van der Waals surface area contributed by atoms with E-state index in [2.05, 4.69) is 29.4 Å². The lowest BCUT2D eigenvalue weighted by Gasteiger charge is -2.32. The molecule has 1 aliphatic rings. The number of hydrogen-bond donors (Lipinski definition) is 2. The third-order valence-electron chi connectivity index (χ3n) is 5.32. The summed E-state index contributed by atoms with van der Waals surface area (Å²) in [7, 11) is 0. The molecule has 0 aliphatic carbocycles. The summed E-state index contributed by atoms with van der Waals surface area (Å²) in [5.74, 6) is 1.55. The van der Waals surface area contributed by atoms with Crippen molar-refractivity contribution in [3.05, 3.63) is 36.0 Å². The lowest BCUT2D eigenvalue weighted by molar-refractivity contribution is 0.137. The number of anilines is 3. The topological polar surface area (TPSA) is 80.1 Å². The van der Waals surface area contributed by atoms with Crippen molar-refractivity contribution in [1.82, 2.24) is 25.1 Å². The van der Waals surface area contributed by atoms with Crippen LogP contribution in [0, 0.1) is 0 Å². The molecule has 1 aromatic carbocycles. The van der Waals surface area contributed by atoms with E-state index in [0.717, 1.165) is 60.2 Å². The molecule has 2 N–H and O–H groups in total. The Morgan fingerprint density at radius 2 is 2.03 bits per heavy atom. The van der Waals surface area contributed by atoms with Crippen molar-refractivity contribution >= 4 is 28.5 Å². The zero-order chi connectivity index (χ0) is 20.9. The Labute approximate surface area is 177 Å². The molecule has 0 unspecified atom stereocenters. The molecule has 0 amide bonds. The van der Waals surface area contributed by atoms with Gasteiger partial charge in [-0.05, 0) is 32.4 Å². The average Bonchev–Trinajstić information content (AvgIpc) is 3.13. The highest BCUT2D eigenvalue weighted by molar-refractivity contribution is 5.90. The number of aryl methyl sites for hydroxylation is 1. The number of benzene rings is 1. The molecule has 0 spiro atoms. The molecule has 3 aromatic rings. The van der Waals surface area contributed by atoms with E-state index in [9.17, 15) is 0 Å². The fourth-order valence-corrected chi connectivity index (χ4v) is 3.83. The monoisotopic (exact) mass is 409 g/mol. The van der Waals surface area contributed by atoms with Crippen LogP contribution in [0.5, 0.6) is 0 Å². The molecule has 0 bridgehead atoms. The maximum atomic E-state index is 5.58. The standard InChI is InChI=1S/C22H31N7O/c1-4-18-19-20(29(27-18)13-14-30-5-2)21(24-17-9-7-6-8-10-17)26-22(25-19)28-12-11-23-16(3)15-28/h6-10,16,23H,4-5,11-15H2,1-3H3,(H,24,25,26)/t16-/m1/s1. The molecule has 160 valence electrons. The summed E-state index contributed by atoms with van der Waals surface area (Å²) in [6.45, 7) is 11.0. The van der Waals surface area contributed by atoms with Crippen molar-refractivity contribution in [3.63, 3.8) is 0 Å². The average molecular weight is 410 g/mol. The Morgan fingerprint density at radius 1 is 1.20 bits per heavy atom. The minimum absolute atomic E-state index is 0.406. The van der Waals surface area contributed by atoms with Gasteiger partial charge in [0.2, 0.25) is 5.95 Å². The first kappa shape index (κ1) is 20.6. The number of hydrogen-bond acceptors (Lipinski definition) is 7. The first-order valence-corrected chi connectivity index (χ1v) is 10.8. The number of nitrogens with zero attached hydrogens (tertiary/aromatic N) is 5. The van der Waals surface area contributed by atoms with Crippen molar-refractivity contribution in [1.29, 1.82) is 0 Å². The lowest BCUT2D eigenvalue weighted by Crippen LogP contribution is -2.49. The molecule has 1 fully saturated rings. The first-order chi connectivity index (χ1) is 14.7. The summed E-state index contributed by atoms with van der Waals surface area (Å²) in [5.41, 5.74) is 3.84. The van der Waals surface area contributed by atoms with Gasteiger partial charge in [0.1, 0.15) is 11.0 Å². The highest BCUT2D eigenvalue weighted by Crippen LogP contribution is 2.29. The normalized spacial score (nSPS) is 16.9. The maximum absolute atomic E-state index is 5.58. The van der Waals surface area contributed by atoms with Gasteiger partial charge < -0.3 is 20.3 Å². The van der Waals surface area contributed by atoms with Crippen LogP contribution in [-0.2, 0) is 17.7 Å². The van der Waals surface area contributed by atoms with Crippen molar-refractivity contribution in [2.24, 2.45) is 0 Å². The van der Waals surface area contributed by atoms with Gasteiger partial charge in [0.15, 0.2) is 5.82 Å². The number of aromatic nitrogens is 4. The molecular weight excluding hydrogens is 378 g/mol. The predicted molar refractivity (Wildman–Crippen MR) is 121 cm³/mol. The molecule has 4 rings (SSSR count). The van der Waals surface area contributed by atoms with E-state index in [1.807, 2.05) is 41.9 Å². The van der Waals surface area contributed by atoms with Crippen LogP contribution in [0.15, 0.2) is 30.3 Å². The number of para-hydroxylation sites is 1. The maximum Gasteiger partial charge on any atom is 0.228 e. The Bertz CT molecular complexity index is 973. The Kier molecular flexibility index (Phi) is 6.44. The Morgan fingerprint density at radius 3 is 2.77 bits per heavy atom. The van der Waals surface area contributed by atoms with Crippen molar-refractivity contribution < 1.29 is 4.74 Å². The molecule has 1 saturated heterocycles. The molecule has 30 heavy (non-hydrogen) atoms. The van der Waals surface area contributed by atoms with Gasteiger partial charge in [0.05, 0.1) is 18.8 Å². The van der Waals surface area contributed by atoms with Gasteiger partial charge in [-0.25, -0.2) is 4.98 Å². The zero-order valence-corrected chi connectivity index (χ0v) is 18.1. The summed E-state index contributed by atoms with van der Waals surface area (Å²) in [5, 5.41) is 11.8. The molecule has 0 saturated carbocycles. The van der Waals surface area contributed by atoms with Crippen LogP contribution in [-0.4, -0.2) is 58.6 Å². The fraction of sp³-hybridized carbons (Fsp3) is 0.500. The highest BCUT2D eigenvalue weighted by Gasteiger charge is 2.23. The molecule has 8 nitrogen and oxygen atoms in total. The molecule has 3 heterocycles. The van der Waals surface area contributed by atoms with E-state index < -0.39 is 0 Å². The zero-order valence-electron chi connectivity index (χ0n) is 18.1. The van der Waals surface area contributed by atoms with E-state index in [-0.39, 0.29) is 0 Å². The second-order valence-corrected chi connectivity index (χ2v) is 7.58.